The molecular weight excluding hydrogens is 462 g/mol. The van der Waals surface area contributed by atoms with Gasteiger partial charge in [0.05, 0.1) is 18.5 Å². The van der Waals surface area contributed by atoms with Crippen LogP contribution in [-0.4, -0.2) is 36.2 Å². The maximum atomic E-state index is 13.4. The molecule has 7 heteroatoms. The summed E-state index contributed by atoms with van der Waals surface area (Å²) in [4.78, 5) is 24.1. The van der Waals surface area contributed by atoms with E-state index in [2.05, 4.69) is 42.2 Å². The molecule has 3 aromatic rings. The van der Waals surface area contributed by atoms with Gasteiger partial charge in [0.2, 0.25) is 0 Å². The summed E-state index contributed by atoms with van der Waals surface area (Å²) in [5.74, 6) is 0.818. The topological polar surface area (TPSA) is 45.1 Å². The largest absolute Gasteiger partial charge is 0.497 e. The van der Waals surface area contributed by atoms with E-state index in [9.17, 15) is 4.79 Å². The molecule has 0 unspecified atom stereocenters. The van der Waals surface area contributed by atoms with E-state index in [0.717, 1.165) is 44.1 Å². The molecule has 0 radical (unpaired) electrons. The van der Waals surface area contributed by atoms with Gasteiger partial charge >= 0.3 is 0 Å². The molecule has 172 valence electrons. The number of thioether (sulfide) groups is 2. The van der Waals surface area contributed by atoms with Gasteiger partial charge in [0.1, 0.15) is 15.7 Å². The fourth-order valence-electron chi connectivity index (χ4n) is 4.04. The van der Waals surface area contributed by atoms with Gasteiger partial charge in [0, 0.05) is 24.1 Å². The zero-order chi connectivity index (χ0) is 23.7. The van der Waals surface area contributed by atoms with Gasteiger partial charge in [-0.15, -0.1) is 0 Å². The van der Waals surface area contributed by atoms with Crippen LogP contribution in [0.5, 0.6) is 5.75 Å². The van der Waals surface area contributed by atoms with Gasteiger partial charge in [0.25, 0.3) is 5.91 Å². The summed E-state index contributed by atoms with van der Waals surface area (Å²) in [6.45, 7) is 5.42. The molecule has 2 aliphatic heterocycles. The first-order valence-electron chi connectivity index (χ1n) is 11.2. The van der Waals surface area contributed by atoms with Crippen LogP contribution in [0, 0.1) is 0 Å². The molecule has 0 N–H and O–H groups in total. The molecule has 0 atom stereocenters. The van der Waals surface area contributed by atoms with E-state index in [0.29, 0.717) is 11.7 Å². The Kier molecular flexibility index (Phi) is 6.39. The van der Waals surface area contributed by atoms with Crippen molar-refractivity contribution in [3.05, 3.63) is 82.7 Å². The lowest BCUT2D eigenvalue weighted by molar-refractivity contribution is -0.122. The van der Waals surface area contributed by atoms with Crippen molar-refractivity contribution in [1.82, 2.24) is 4.90 Å². The highest BCUT2D eigenvalue weighted by Crippen LogP contribution is 2.51. The number of rotatable bonds is 5. The van der Waals surface area contributed by atoms with Crippen LogP contribution in [0.1, 0.15) is 13.8 Å². The van der Waals surface area contributed by atoms with E-state index < -0.39 is 0 Å². The number of hydrogen-bond acceptors (Lipinski definition) is 6. The number of anilines is 1. The number of likely N-dealkylation sites (N-methyl/N-ethyl adjacent to an activating group) is 1. The predicted octanol–water partition coefficient (Wildman–Crippen LogP) is 6.75. The Bertz CT molecular complexity index is 1290. The van der Waals surface area contributed by atoms with Gasteiger partial charge in [-0.1, -0.05) is 54.2 Å². The molecule has 1 amide bonds. The average Bonchev–Trinajstić information content (AvgIpc) is 3.40. The van der Waals surface area contributed by atoms with Crippen LogP contribution in [0.4, 0.5) is 11.4 Å². The smallest absolute Gasteiger partial charge is 0.269 e. The third-order valence-corrected chi connectivity index (χ3v) is 8.18. The molecule has 1 fully saturated rings. The summed E-state index contributed by atoms with van der Waals surface area (Å²) >= 11 is 3.09. The number of benzene rings is 3. The highest BCUT2D eigenvalue weighted by molar-refractivity contribution is 8.19. The lowest BCUT2D eigenvalue weighted by Gasteiger charge is -2.19. The Balaban J connectivity index is 1.47. The van der Waals surface area contributed by atoms with Crippen molar-refractivity contribution in [2.24, 2.45) is 4.99 Å². The maximum Gasteiger partial charge on any atom is 0.269 e. The average molecular weight is 488 g/mol. The van der Waals surface area contributed by atoms with Gasteiger partial charge in [0.15, 0.2) is 5.17 Å². The number of amides is 1. The first-order valence-corrected chi connectivity index (χ1v) is 12.9. The molecule has 0 spiro atoms. The van der Waals surface area contributed by atoms with E-state index in [4.69, 9.17) is 9.73 Å². The van der Waals surface area contributed by atoms with E-state index in [-0.39, 0.29) is 5.91 Å². The van der Waals surface area contributed by atoms with E-state index >= 15 is 0 Å². The molecule has 0 bridgehead atoms. The quantitative estimate of drug-likeness (QED) is 0.373. The van der Waals surface area contributed by atoms with Crippen molar-refractivity contribution in [3.8, 4) is 16.9 Å². The summed E-state index contributed by atoms with van der Waals surface area (Å²) in [6.07, 6.45) is 0. The molecule has 3 aromatic carbocycles. The minimum absolute atomic E-state index is 0.00729. The number of carbonyl (C=O) groups is 1. The first-order chi connectivity index (χ1) is 16.6. The zero-order valence-electron chi connectivity index (χ0n) is 19.3. The van der Waals surface area contributed by atoms with E-state index in [1.54, 1.807) is 23.8 Å². The highest BCUT2D eigenvalue weighted by atomic mass is 32.2. The molecule has 34 heavy (non-hydrogen) atoms. The van der Waals surface area contributed by atoms with Crippen LogP contribution in [0.25, 0.3) is 11.1 Å². The molecule has 2 aliphatic rings. The second kappa shape index (κ2) is 9.60. The summed E-state index contributed by atoms with van der Waals surface area (Å²) in [5.41, 5.74) is 4.22. The Labute approximate surface area is 208 Å². The number of carbonyl (C=O) groups excluding carboxylic acids is 1. The number of hydrogen-bond donors (Lipinski definition) is 0. The first kappa shape index (κ1) is 22.6. The highest BCUT2D eigenvalue weighted by Gasteiger charge is 2.39. The Morgan fingerprint density at radius 3 is 2.24 bits per heavy atom. The molecule has 5 nitrogen and oxygen atoms in total. The lowest BCUT2D eigenvalue weighted by Crippen LogP contribution is -2.29. The number of nitrogens with zero attached hydrogens (tertiary/aromatic N) is 3. The van der Waals surface area contributed by atoms with Gasteiger partial charge < -0.3 is 9.64 Å². The number of amidine groups is 1. The van der Waals surface area contributed by atoms with Crippen molar-refractivity contribution in [3.63, 3.8) is 0 Å². The van der Waals surface area contributed by atoms with Gasteiger partial charge in [-0.05, 0) is 61.0 Å². The summed E-state index contributed by atoms with van der Waals surface area (Å²) in [5, 5.41) is 1.68. The minimum Gasteiger partial charge on any atom is -0.497 e. The standard InChI is InChI=1S/C27H25N3O2S2/c1-4-29-22-17-21(32-3)15-16-23(22)33-26(29)24-25(31)30(5-2)27(34-24)28-20-13-11-19(12-14-20)18-9-7-6-8-10-18/h6-17H,4-5H2,1-3H3. The monoisotopic (exact) mass is 487 g/mol. The molecule has 0 saturated carbocycles. The van der Waals surface area contributed by atoms with Crippen LogP contribution in [0.15, 0.2) is 92.6 Å². The Morgan fingerprint density at radius 2 is 1.56 bits per heavy atom. The third kappa shape index (κ3) is 4.10. The maximum absolute atomic E-state index is 13.4. The van der Waals surface area contributed by atoms with Crippen molar-refractivity contribution in [2.75, 3.05) is 25.1 Å². The normalized spacial score (nSPS) is 18.7. The second-order valence-corrected chi connectivity index (χ2v) is 9.78. The third-order valence-electron chi connectivity index (χ3n) is 5.80. The molecule has 5 rings (SSSR count). The predicted molar refractivity (Wildman–Crippen MR) is 143 cm³/mol. The van der Waals surface area contributed by atoms with Crippen LogP contribution < -0.4 is 9.64 Å². The van der Waals surface area contributed by atoms with Gasteiger partial charge in [-0.25, -0.2) is 4.99 Å². The van der Waals surface area contributed by atoms with Crippen LogP contribution >= 0.6 is 23.5 Å². The number of fused-ring (bicyclic) bond motifs is 1. The van der Waals surface area contributed by atoms with Crippen molar-refractivity contribution >= 4 is 46.0 Å². The fraction of sp³-hybridized carbons (Fsp3) is 0.185. The summed E-state index contributed by atoms with van der Waals surface area (Å²) in [7, 11) is 1.67. The number of methoxy groups -OCH3 is 1. The van der Waals surface area contributed by atoms with Gasteiger partial charge in [-0.3, -0.25) is 9.69 Å². The van der Waals surface area contributed by atoms with E-state index in [1.165, 1.54) is 17.3 Å². The zero-order valence-corrected chi connectivity index (χ0v) is 21.0. The van der Waals surface area contributed by atoms with E-state index in [1.807, 2.05) is 49.4 Å². The lowest BCUT2D eigenvalue weighted by atomic mass is 10.1. The Morgan fingerprint density at radius 1 is 0.853 bits per heavy atom. The van der Waals surface area contributed by atoms with Gasteiger partial charge in [-0.2, -0.15) is 0 Å². The molecular formula is C27H25N3O2S2. The van der Waals surface area contributed by atoms with Crippen LogP contribution in [0.3, 0.4) is 0 Å². The second-order valence-electron chi connectivity index (χ2n) is 7.77. The SMILES string of the molecule is CCN1C(=O)C(=C2Sc3ccc(OC)cc3N2CC)SC1=Nc1ccc(-c2ccccc2)cc1. The molecule has 2 heterocycles. The van der Waals surface area contributed by atoms with Crippen molar-refractivity contribution in [1.29, 1.82) is 0 Å². The number of ether oxygens (including phenoxy) is 1. The molecule has 1 saturated heterocycles. The van der Waals surface area contributed by atoms with Crippen molar-refractivity contribution in [2.45, 2.75) is 18.7 Å². The molecule has 0 aliphatic carbocycles. The summed E-state index contributed by atoms with van der Waals surface area (Å²) in [6, 6.07) is 24.5. The fourth-order valence-corrected chi connectivity index (χ4v) is 6.48. The Hall–Kier alpha value is -3.16. The minimum atomic E-state index is 0.00729. The van der Waals surface area contributed by atoms with Crippen LogP contribution in [0.2, 0.25) is 0 Å². The summed E-state index contributed by atoms with van der Waals surface area (Å²) < 4.78 is 5.42. The molecule has 0 aromatic heterocycles. The number of aliphatic imine (C=N–C) groups is 1. The van der Waals surface area contributed by atoms with Crippen molar-refractivity contribution < 1.29 is 9.53 Å². The van der Waals surface area contributed by atoms with Crippen LogP contribution in [-0.2, 0) is 4.79 Å².